The fraction of sp³-hybridized carbons (Fsp3) is 0.545. The van der Waals surface area contributed by atoms with Crippen LogP contribution in [0.15, 0.2) is 18.7 Å². The second-order valence-corrected chi connectivity index (χ2v) is 8.91. The van der Waals surface area contributed by atoms with Gasteiger partial charge >= 0.3 is 6.09 Å². The van der Waals surface area contributed by atoms with Crippen LogP contribution in [0.1, 0.15) is 46.9 Å². The zero-order valence-corrected chi connectivity index (χ0v) is 19.4. The van der Waals surface area contributed by atoms with Crippen LogP contribution in [0.25, 0.3) is 22.6 Å². The highest BCUT2D eigenvalue weighted by atomic mass is 16.6. The summed E-state index contributed by atoms with van der Waals surface area (Å²) in [6, 6.07) is -0.159. The van der Waals surface area contributed by atoms with Crippen LogP contribution in [0.5, 0.6) is 5.88 Å². The molecule has 10 nitrogen and oxygen atoms in total. The summed E-state index contributed by atoms with van der Waals surface area (Å²) in [6.07, 6.45) is 5.10. The molecule has 2 atom stereocenters. The zero-order valence-electron chi connectivity index (χ0n) is 19.4. The molecule has 170 valence electrons. The van der Waals surface area contributed by atoms with Crippen molar-refractivity contribution in [1.82, 2.24) is 34.4 Å². The van der Waals surface area contributed by atoms with Crippen LogP contribution in [0.4, 0.5) is 4.79 Å². The third kappa shape index (κ3) is 4.21. The van der Waals surface area contributed by atoms with Gasteiger partial charge in [0.1, 0.15) is 29.7 Å². The average Bonchev–Trinajstić information content (AvgIpc) is 3.28. The molecule has 3 aromatic heterocycles. The van der Waals surface area contributed by atoms with Crippen molar-refractivity contribution in [2.75, 3.05) is 6.54 Å². The van der Waals surface area contributed by atoms with Crippen molar-refractivity contribution >= 4 is 17.3 Å². The van der Waals surface area contributed by atoms with Crippen LogP contribution in [0, 0.1) is 6.92 Å². The smallest absolute Gasteiger partial charge is 0.410 e. The van der Waals surface area contributed by atoms with Crippen LogP contribution < -0.4 is 4.74 Å². The molecule has 3 aromatic rings. The van der Waals surface area contributed by atoms with Gasteiger partial charge < -0.3 is 18.9 Å². The van der Waals surface area contributed by atoms with Crippen LogP contribution in [-0.4, -0.2) is 64.8 Å². The highest BCUT2D eigenvalue weighted by molar-refractivity contribution is 5.81. The fourth-order valence-corrected chi connectivity index (χ4v) is 3.82. The van der Waals surface area contributed by atoms with E-state index < -0.39 is 5.60 Å². The number of imidazole rings is 1. The summed E-state index contributed by atoms with van der Waals surface area (Å²) in [4.78, 5) is 36.4. The van der Waals surface area contributed by atoms with Gasteiger partial charge in [-0.15, -0.1) is 0 Å². The Labute approximate surface area is 187 Å². The minimum atomic E-state index is -0.544. The second-order valence-electron chi connectivity index (χ2n) is 8.91. The Balaban J connectivity index is 1.62. The molecule has 32 heavy (non-hydrogen) atoms. The molecule has 0 unspecified atom stereocenters. The van der Waals surface area contributed by atoms with Gasteiger partial charge in [0.2, 0.25) is 5.88 Å². The van der Waals surface area contributed by atoms with E-state index in [1.807, 2.05) is 46.1 Å². The molecule has 4 heterocycles. The molecule has 1 aliphatic rings. The monoisotopic (exact) mass is 439 g/mol. The van der Waals surface area contributed by atoms with Crippen molar-refractivity contribution in [3.8, 4) is 17.3 Å². The number of hydrogen-bond acceptors (Lipinski definition) is 8. The van der Waals surface area contributed by atoms with Crippen LogP contribution >= 0.6 is 0 Å². The summed E-state index contributed by atoms with van der Waals surface area (Å²) >= 11 is 0. The lowest BCUT2D eigenvalue weighted by Crippen LogP contribution is -2.42. The molecule has 0 bridgehead atoms. The number of rotatable bonds is 4. The van der Waals surface area contributed by atoms with Gasteiger partial charge in [0.15, 0.2) is 11.2 Å². The summed E-state index contributed by atoms with van der Waals surface area (Å²) in [5, 5.41) is 0. The van der Waals surface area contributed by atoms with E-state index in [4.69, 9.17) is 14.5 Å². The van der Waals surface area contributed by atoms with E-state index in [0.29, 0.717) is 48.2 Å². The van der Waals surface area contributed by atoms with Crippen molar-refractivity contribution in [3.63, 3.8) is 0 Å². The maximum Gasteiger partial charge on any atom is 0.410 e. The molecule has 1 saturated heterocycles. The Bertz CT molecular complexity index is 1120. The maximum absolute atomic E-state index is 12.5. The first kappa shape index (κ1) is 21.9. The normalized spacial score (nSPS) is 18.9. The lowest BCUT2D eigenvalue weighted by molar-refractivity contribution is 0.0191. The summed E-state index contributed by atoms with van der Waals surface area (Å²) in [5.74, 6) is 1.81. The average molecular weight is 440 g/mol. The van der Waals surface area contributed by atoms with Crippen molar-refractivity contribution in [2.24, 2.45) is 0 Å². The van der Waals surface area contributed by atoms with Crippen molar-refractivity contribution < 1.29 is 14.3 Å². The molecular formula is C22H29N7O3. The molecule has 0 radical (unpaired) electrons. The Kier molecular flexibility index (Phi) is 5.70. The molecule has 1 aliphatic heterocycles. The van der Waals surface area contributed by atoms with E-state index in [-0.39, 0.29) is 18.2 Å². The molecular weight excluding hydrogens is 410 g/mol. The molecule has 10 heteroatoms. The predicted octanol–water partition coefficient (Wildman–Crippen LogP) is 3.39. The van der Waals surface area contributed by atoms with Crippen molar-refractivity contribution in [3.05, 3.63) is 24.5 Å². The van der Waals surface area contributed by atoms with Gasteiger partial charge in [-0.05, 0) is 41.5 Å². The van der Waals surface area contributed by atoms with Gasteiger partial charge in [-0.25, -0.2) is 24.7 Å². The topological polar surface area (TPSA) is 108 Å². The fourth-order valence-electron chi connectivity index (χ4n) is 3.82. The Morgan fingerprint density at radius 1 is 1.19 bits per heavy atom. The van der Waals surface area contributed by atoms with Gasteiger partial charge in [0.25, 0.3) is 0 Å². The first-order valence-corrected chi connectivity index (χ1v) is 10.8. The largest absolute Gasteiger partial charge is 0.470 e. The van der Waals surface area contributed by atoms with Crippen molar-refractivity contribution in [1.29, 1.82) is 0 Å². The van der Waals surface area contributed by atoms with E-state index in [9.17, 15) is 4.79 Å². The molecule has 0 saturated carbocycles. The zero-order chi connectivity index (χ0) is 23.0. The lowest BCUT2D eigenvalue weighted by atomic mass is 10.2. The third-order valence-corrected chi connectivity index (χ3v) is 5.43. The quantitative estimate of drug-likeness (QED) is 0.609. The summed E-state index contributed by atoms with van der Waals surface area (Å²) < 4.78 is 13.8. The van der Waals surface area contributed by atoms with Crippen LogP contribution in [-0.2, 0) is 11.3 Å². The number of amides is 1. The van der Waals surface area contributed by atoms with E-state index in [0.717, 1.165) is 5.56 Å². The number of carbonyl (C=O) groups excluding carboxylic acids is 1. The molecule has 1 fully saturated rings. The number of hydrogen-bond donors (Lipinski definition) is 0. The standard InChI is InChI=1S/C22H29N7O3/c1-7-28-18(15-10-23-14(3)24-11-15)27-17-19(28)25-12-26-20(17)31-16-8-9-29(13(16)2)21(30)32-22(4,5)6/h10-13,16H,7-9H2,1-6H3/t13-,16+/m1/s1. The Morgan fingerprint density at radius 2 is 1.91 bits per heavy atom. The number of fused-ring (bicyclic) bond motifs is 1. The van der Waals surface area contributed by atoms with E-state index >= 15 is 0 Å². The van der Waals surface area contributed by atoms with Crippen LogP contribution in [0.2, 0.25) is 0 Å². The first-order chi connectivity index (χ1) is 15.2. The Hall–Kier alpha value is -3.30. The van der Waals surface area contributed by atoms with Crippen molar-refractivity contribution in [2.45, 2.75) is 72.3 Å². The SMILES string of the molecule is CCn1c(-c2cnc(C)nc2)nc2c(O[C@H]3CCN(C(=O)OC(C)(C)C)[C@@H]3C)ncnc21. The van der Waals surface area contributed by atoms with E-state index in [1.165, 1.54) is 6.33 Å². The number of aromatic nitrogens is 6. The van der Waals surface area contributed by atoms with E-state index in [2.05, 4.69) is 19.9 Å². The van der Waals surface area contributed by atoms with Crippen LogP contribution in [0.3, 0.4) is 0 Å². The number of carbonyl (C=O) groups is 1. The minimum Gasteiger partial charge on any atom is -0.470 e. The number of nitrogens with zero attached hydrogens (tertiary/aromatic N) is 7. The summed E-state index contributed by atoms with van der Waals surface area (Å²) in [5.41, 5.74) is 1.51. The van der Waals surface area contributed by atoms with Gasteiger partial charge in [-0.1, -0.05) is 0 Å². The predicted molar refractivity (Wildman–Crippen MR) is 118 cm³/mol. The number of ether oxygens (including phenoxy) is 2. The van der Waals surface area contributed by atoms with E-state index in [1.54, 1.807) is 17.3 Å². The molecule has 4 rings (SSSR count). The molecule has 0 aromatic carbocycles. The summed E-state index contributed by atoms with van der Waals surface area (Å²) in [7, 11) is 0. The summed E-state index contributed by atoms with van der Waals surface area (Å²) in [6.45, 7) is 12.6. The molecule has 1 amide bonds. The number of likely N-dealkylation sites (tertiary alicyclic amines) is 1. The number of aryl methyl sites for hydroxylation is 2. The van der Waals surface area contributed by atoms with Gasteiger partial charge in [-0.3, -0.25) is 0 Å². The lowest BCUT2D eigenvalue weighted by Gasteiger charge is -2.28. The minimum absolute atomic E-state index is 0.159. The molecule has 0 spiro atoms. The molecule has 0 aliphatic carbocycles. The third-order valence-electron chi connectivity index (χ3n) is 5.43. The molecule has 0 N–H and O–H groups in total. The van der Waals surface area contributed by atoms with Gasteiger partial charge in [0, 0.05) is 31.9 Å². The maximum atomic E-state index is 12.5. The van der Waals surface area contributed by atoms with Gasteiger partial charge in [-0.2, -0.15) is 4.98 Å². The highest BCUT2D eigenvalue weighted by Gasteiger charge is 2.38. The first-order valence-electron chi connectivity index (χ1n) is 10.8. The second kappa shape index (κ2) is 8.33. The highest BCUT2D eigenvalue weighted by Crippen LogP contribution is 2.30. The van der Waals surface area contributed by atoms with Gasteiger partial charge in [0.05, 0.1) is 11.6 Å². The Morgan fingerprint density at radius 3 is 2.56 bits per heavy atom.